The van der Waals surface area contributed by atoms with Crippen molar-refractivity contribution in [3.8, 4) is 5.75 Å². The van der Waals surface area contributed by atoms with Crippen LogP contribution >= 0.6 is 0 Å². The van der Waals surface area contributed by atoms with E-state index in [2.05, 4.69) is 12.2 Å². The van der Waals surface area contributed by atoms with Crippen molar-refractivity contribution in [2.24, 2.45) is 0 Å². The molecule has 2 rings (SSSR count). The van der Waals surface area contributed by atoms with E-state index in [1.165, 1.54) is 0 Å². The number of hydrogen-bond acceptors (Lipinski definition) is 3. The van der Waals surface area contributed by atoms with Crippen LogP contribution in [-0.2, 0) is 4.74 Å². The molecule has 0 aromatic heterocycles. The number of aryl methyl sites for hydroxylation is 1. The second-order valence-electron chi connectivity index (χ2n) is 5.41. The monoisotopic (exact) mass is 292 g/mol. The Labute approximate surface area is 126 Å². The molecule has 1 N–H and O–H groups in total. The third kappa shape index (κ3) is 4.36. The highest BCUT2D eigenvalue weighted by Crippen LogP contribution is 2.26. The van der Waals surface area contributed by atoms with E-state index in [4.69, 9.17) is 9.47 Å². The zero-order valence-corrected chi connectivity index (χ0v) is 13.0. The summed E-state index contributed by atoms with van der Waals surface area (Å²) in [6.45, 7) is 8.50. The summed E-state index contributed by atoms with van der Waals surface area (Å²) < 4.78 is 11.2. The highest BCUT2D eigenvalue weighted by atomic mass is 16.5. The number of amides is 2. The Hall–Kier alpha value is -1.75. The van der Waals surface area contributed by atoms with Crippen molar-refractivity contribution in [2.45, 2.75) is 33.3 Å². The van der Waals surface area contributed by atoms with E-state index in [1.807, 2.05) is 32.0 Å². The zero-order chi connectivity index (χ0) is 15.2. The lowest BCUT2D eigenvalue weighted by molar-refractivity contribution is -0.00139. The Balaban J connectivity index is 2.05. The molecule has 1 saturated heterocycles. The third-order valence-corrected chi connectivity index (χ3v) is 3.37. The van der Waals surface area contributed by atoms with Crippen molar-refractivity contribution in [3.63, 3.8) is 0 Å². The van der Waals surface area contributed by atoms with E-state index in [9.17, 15) is 4.79 Å². The quantitative estimate of drug-likeness (QED) is 0.928. The van der Waals surface area contributed by atoms with Crippen molar-refractivity contribution in [3.05, 3.63) is 23.8 Å². The molecular weight excluding hydrogens is 268 g/mol. The lowest BCUT2D eigenvalue weighted by Gasteiger charge is -2.31. The van der Waals surface area contributed by atoms with Crippen LogP contribution in [0.4, 0.5) is 10.5 Å². The number of benzene rings is 1. The summed E-state index contributed by atoms with van der Waals surface area (Å²) in [6.07, 6.45) is 1.01. The van der Waals surface area contributed by atoms with E-state index in [-0.39, 0.29) is 12.1 Å². The summed E-state index contributed by atoms with van der Waals surface area (Å²) in [5.74, 6) is 0.728. The molecule has 1 unspecified atom stereocenters. The van der Waals surface area contributed by atoms with Crippen LogP contribution in [0.25, 0.3) is 0 Å². The second kappa shape index (κ2) is 7.31. The van der Waals surface area contributed by atoms with E-state index >= 15 is 0 Å². The zero-order valence-electron chi connectivity index (χ0n) is 13.0. The van der Waals surface area contributed by atoms with Gasteiger partial charge >= 0.3 is 6.03 Å². The van der Waals surface area contributed by atoms with Gasteiger partial charge in [-0.1, -0.05) is 13.0 Å². The molecular formula is C16H24N2O3. The van der Waals surface area contributed by atoms with Crippen LogP contribution in [0.2, 0.25) is 0 Å². The van der Waals surface area contributed by atoms with Crippen molar-refractivity contribution in [2.75, 3.05) is 31.6 Å². The number of carbonyl (C=O) groups excluding carboxylic acids is 1. The van der Waals surface area contributed by atoms with E-state index < -0.39 is 0 Å². The largest absolute Gasteiger partial charge is 0.491 e. The number of nitrogens with zero attached hydrogens (tertiary/aromatic N) is 1. The number of morpholine rings is 1. The number of anilines is 1. The number of rotatable bonds is 4. The number of nitrogens with one attached hydrogen (secondary N) is 1. The van der Waals surface area contributed by atoms with Crippen LogP contribution in [0.1, 0.15) is 25.8 Å². The molecule has 1 aromatic carbocycles. The van der Waals surface area contributed by atoms with Gasteiger partial charge in [0.05, 0.1) is 25.0 Å². The Morgan fingerprint density at radius 2 is 2.33 bits per heavy atom. The first-order chi connectivity index (χ1) is 10.1. The van der Waals surface area contributed by atoms with Gasteiger partial charge in [0.1, 0.15) is 5.75 Å². The fourth-order valence-electron chi connectivity index (χ4n) is 2.26. The van der Waals surface area contributed by atoms with Gasteiger partial charge in [-0.25, -0.2) is 4.79 Å². The Kier molecular flexibility index (Phi) is 5.44. The summed E-state index contributed by atoms with van der Waals surface area (Å²) >= 11 is 0. The Morgan fingerprint density at radius 3 is 3.05 bits per heavy atom. The van der Waals surface area contributed by atoms with Gasteiger partial charge < -0.3 is 19.7 Å². The molecule has 5 heteroatoms. The van der Waals surface area contributed by atoms with Crippen LogP contribution in [0.5, 0.6) is 5.75 Å². The maximum atomic E-state index is 12.3. The number of carbonyl (C=O) groups is 1. The normalized spacial score (nSPS) is 18.4. The van der Waals surface area contributed by atoms with E-state index in [0.29, 0.717) is 26.3 Å². The van der Waals surface area contributed by atoms with Crippen LogP contribution in [0, 0.1) is 6.92 Å². The number of hydrogen-bond donors (Lipinski definition) is 1. The molecule has 21 heavy (non-hydrogen) atoms. The first kappa shape index (κ1) is 15.6. The van der Waals surface area contributed by atoms with Crippen LogP contribution < -0.4 is 10.1 Å². The predicted molar refractivity (Wildman–Crippen MR) is 83.0 cm³/mol. The van der Waals surface area contributed by atoms with Gasteiger partial charge in [-0.15, -0.1) is 0 Å². The van der Waals surface area contributed by atoms with Gasteiger partial charge in [0.2, 0.25) is 0 Å². The molecule has 1 aliphatic heterocycles. The van der Waals surface area contributed by atoms with Crippen molar-refractivity contribution < 1.29 is 14.3 Å². The van der Waals surface area contributed by atoms with Crippen molar-refractivity contribution in [1.29, 1.82) is 0 Å². The molecule has 5 nitrogen and oxygen atoms in total. The highest BCUT2D eigenvalue weighted by molar-refractivity contribution is 5.91. The molecule has 0 radical (unpaired) electrons. The first-order valence-corrected chi connectivity index (χ1v) is 7.51. The molecule has 0 bridgehead atoms. The second-order valence-corrected chi connectivity index (χ2v) is 5.41. The first-order valence-electron chi connectivity index (χ1n) is 7.51. The van der Waals surface area contributed by atoms with Gasteiger partial charge in [0.15, 0.2) is 0 Å². The molecule has 1 heterocycles. The fraction of sp³-hybridized carbons (Fsp3) is 0.562. The molecule has 1 fully saturated rings. The Morgan fingerprint density at radius 1 is 1.52 bits per heavy atom. The average molecular weight is 292 g/mol. The van der Waals surface area contributed by atoms with Crippen LogP contribution in [-0.4, -0.2) is 43.3 Å². The summed E-state index contributed by atoms with van der Waals surface area (Å²) in [4.78, 5) is 14.1. The lowest BCUT2D eigenvalue weighted by atomic mass is 10.2. The van der Waals surface area contributed by atoms with Gasteiger partial charge in [-0.3, -0.25) is 0 Å². The minimum absolute atomic E-state index is 0.0818. The third-order valence-electron chi connectivity index (χ3n) is 3.37. The summed E-state index contributed by atoms with van der Waals surface area (Å²) in [5.41, 5.74) is 1.83. The van der Waals surface area contributed by atoms with Gasteiger partial charge in [0.25, 0.3) is 0 Å². The van der Waals surface area contributed by atoms with Crippen LogP contribution in [0.3, 0.4) is 0 Å². The SMILES string of the molecule is CCCOc1cc(C)ccc1NC(=O)N1CCOC(C)C1. The summed E-state index contributed by atoms with van der Waals surface area (Å²) in [7, 11) is 0. The molecule has 1 atom stereocenters. The molecule has 1 aromatic rings. The fourth-order valence-corrected chi connectivity index (χ4v) is 2.26. The standard InChI is InChI=1S/C16H24N2O3/c1-4-8-21-15-10-12(2)5-6-14(15)17-16(19)18-7-9-20-13(3)11-18/h5-6,10,13H,4,7-9,11H2,1-3H3,(H,17,19). The molecule has 1 aliphatic rings. The van der Waals surface area contributed by atoms with Crippen LogP contribution in [0.15, 0.2) is 18.2 Å². The van der Waals surface area contributed by atoms with E-state index in [1.54, 1.807) is 4.90 Å². The molecule has 2 amide bonds. The predicted octanol–water partition coefficient (Wildman–Crippen LogP) is 3.04. The number of ether oxygens (including phenoxy) is 2. The van der Waals surface area contributed by atoms with Gasteiger partial charge in [-0.2, -0.15) is 0 Å². The van der Waals surface area contributed by atoms with Crippen molar-refractivity contribution >= 4 is 11.7 Å². The summed E-state index contributed by atoms with van der Waals surface area (Å²) in [5, 5.41) is 2.94. The lowest BCUT2D eigenvalue weighted by Crippen LogP contribution is -2.46. The topological polar surface area (TPSA) is 50.8 Å². The Bertz CT molecular complexity index is 490. The summed E-state index contributed by atoms with van der Waals surface area (Å²) in [6, 6.07) is 5.71. The average Bonchev–Trinajstić information content (AvgIpc) is 2.47. The maximum Gasteiger partial charge on any atom is 0.322 e. The van der Waals surface area contributed by atoms with E-state index in [0.717, 1.165) is 23.4 Å². The highest BCUT2D eigenvalue weighted by Gasteiger charge is 2.22. The van der Waals surface area contributed by atoms with Gasteiger partial charge in [-0.05, 0) is 38.0 Å². The molecule has 0 saturated carbocycles. The maximum absolute atomic E-state index is 12.3. The minimum Gasteiger partial charge on any atom is -0.491 e. The number of urea groups is 1. The molecule has 0 spiro atoms. The van der Waals surface area contributed by atoms with Crippen molar-refractivity contribution in [1.82, 2.24) is 4.90 Å². The smallest absolute Gasteiger partial charge is 0.322 e. The molecule has 0 aliphatic carbocycles. The minimum atomic E-state index is -0.102. The van der Waals surface area contributed by atoms with Gasteiger partial charge in [0, 0.05) is 13.1 Å². The molecule has 116 valence electrons.